The molecule has 0 radical (unpaired) electrons. The predicted molar refractivity (Wildman–Crippen MR) is 80.0 cm³/mol. The van der Waals surface area contributed by atoms with Gasteiger partial charge in [-0.2, -0.15) is 0 Å². The number of amides is 1. The van der Waals surface area contributed by atoms with E-state index in [9.17, 15) is 9.90 Å². The zero-order chi connectivity index (χ0) is 14.5. The SMILES string of the molecule is Cc1cc(C(=O)NCCC2CCN(C)CC2)ccc1O. The highest BCUT2D eigenvalue weighted by molar-refractivity contribution is 5.94. The molecule has 0 spiro atoms. The van der Waals surface area contributed by atoms with Crippen LogP contribution in [0.1, 0.15) is 35.2 Å². The van der Waals surface area contributed by atoms with Crippen molar-refractivity contribution in [1.82, 2.24) is 10.2 Å². The minimum atomic E-state index is -0.0546. The van der Waals surface area contributed by atoms with Gasteiger partial charge in [-0.3, -0.25) is 4.79 Å². The molecule has 20 heavy (non-hydrogen) atoms. The molecule has 1 saturated heterocycles. The highest BCUT2D eigenvalue weighted by Crippen LogP contribution is 2.19. The van der Waals surface area contributed by atoms with Crippen LogP contribution in [0, 0.1) is 12.8 Å². The molecule has 1 aliphatic rings. The first-order valence-electron chi connectivity index (χ1n) is 7.32. The van der Waals surface area contributed by atoms with E-state index in [0.29, 0.717) is 5.56 Å². The molecular weight excluding hydrogens is 252 g/mol. The van der Waals surface area contributed by atoms with Gasteiger partial charge in [-0.1, -0.05) is 0 Å². The van der Waals surface area contributed by atoms with Gasteiger partial charge in [0.25, 0.3) is 5.91 Å². The van der Waals surface area contributed by atoms with Crippen molar-refractivity contribution in [2.24, 2.45) is 5.92 Å². The number of hydrogen-bond donors (Lipinski definition) is 2. The average Bonchev–Trinajstić information content (AvgIpc) is 2.44. The molecule has 2 N–H and O–H groups in total. The Kier molecular flexibility index (Phi) is 5.01. The molecule has 0 atom stereocenters. The Bertz CT molecular complexity index is 466. The Balaban J connectivity index is 1.76. The van der Waals surface area contributed by atoms with E-state index in [1.807, 2.05) is 0 Å². The number of nitrogens with zero attached hydrogens (tertiary/aromatic N) is 1. The molecule has 110 valence electrons. The number of carbonyl (C=O) groups excluding carboxylic acids is 1. The first-order valence-corrected chi connectivity index (χ1v) is 7.32. The van der Waals surface area contributed by atoms with Crippen LogP contribution in [0.15, 0.2) is 18.2 Å². The second kappa shape index (κ2) is 6.75. The molecule has 1 fully saturated rings. The summed E-state index contributed by atoms with van der Waals surface area (Å²) >= 11 is 0. The van der Waals surface area contributed by atoms with E-state index >= 15 is 0 Å². The van der Waals surface area contributed by atoms with Crippen LogP contribution in [0.4, 0.5) is 0 Å². The van der Waals surface area contributed by atoms with Crippen LogP contribution in [0.25, 0.3) is 0 Å². The van der Waals surface area contributed by atoms with Gasteiger partial charge in [-0.15, -0.1) is 0 Å². The van der Waals surface area contributed by atoms with Gasteiger partial charge in [0.1, 0.15) is 5.75 Å². The molecule has 0 aromatic heterocycles. The lowest BCUT2D eigenvalue weighted by molar-refractivity contribution is 0.0949. The third-order valence-electron chi connectivity index (χ3n) is 4.14. The molecule has 0 saturated carbocycles. The summed E-state index contributed by atoms with van der Waals surface area (Å²) < 4.78 is 0. The van der Waals surface area contributed by atoms with Gasteiger partial charge in [-0.25, -0.2) is 0 Å². The second-order valence-electron chi connectivity index (χ2n) is 5.79. The highest BCUT2D eigenvalue weighted by Gasteiger charge is 2.16. The molecule has 0 aliphatic carbocycles. The molecular formula is C16H24N2O2. The lowest BCUT2D eigenvalue weighted by Gasteiger charge is -2.28. The summed E-state index contributed by atoms with van der Waals surface area (Å²) in [5.74, 6) is 0.905. The van der Waals surface area contributed by atoms with Gasteiger partial charge >= 0.3 is 0 Å². The highest BCUT2D eigenvalue weighted by atomic mass is 16.3. The second-order valence-corrected chi connectivity index (χ2v) is 5.79. The van der Waals surface area contributed by atoms with E-state index in [0.717, 1.165) is 37.5 Å². The van der Waals surface area contributed by atoms with E-state index < -0.39 is 0 Å². The van der Waals surface area contributed by atoms with E-state index in [1.165, 1.54) is 12.8 Å². The minimum absolute atomic E-state index is 0.0546. The maximum atomic E-state index is 12.0. The largest absolute Gasteiger partial charge is 0.508 e. The summed E-state index contributed by atoms with van der Waals surface area (Å²) in [6.45, 7) is 4.85. The van der Waals surface area contributed by atoms with Crippen LogP contribution < -0.4 is 5.32 Å². The molecule has 1 aromatic carbocycles. The first kappa shape index (κ1) is 14.9. The number of likely N-dealkylation sites (tertiary alicyclic amines) is 1. The molecule has 0 bridgehead atoms. The molecule has 0 unspecified atom stereocenters. The van der Waals surface area contributed by atoms with Crippen molar-refractivity contribution in [3.8, 4) is 5.75 Å². The van der Waals surface area contributed by atoms with Crippen molar-refractivity contribution in [3.63, 3.8) is 0 Å². The van der Waals surface area contributed by atoms with Gasteiger partial charge in [-0.05, 0) is 76.0 Å². The zero-order valence-corrected chi connectivity index (χ0v) is 12.4. The normalized spacial score (nSPS) is 17.1. The van der Waals surface area contributed by atoms with Crippen LogP contribution in [-0.4, -0.2) is 42.6 Å². The Labute approximate surface area is 120 Å². The number of carbonyl (C=O) groups is 1. The summed E-state index contributed by atoms with van der Waals surface area (Å²) in [4.78, 5) is 14.4. The van der Waals surface area contributed by atoms with Gasteiger partial charge in [0, 0.05) is 12.1 Å². The van der Waals surface area contributed by atoms with Gasteiger partial charge in [0.15, 0.2) is 0 Å². The lowest BCUT2D eigenvalue weighted by atomic mass is 9.94. The Morgan fingerprint density at radius 3 is 2.75 bits per heavy atom. The van der Waals surface area contributed by atoms with E-state index in [1.54, 1.807) is 25.1 Å². The van der Waals surface area contributed by atoms with Crippen LogP contribution >= 0.6 is 0 Å². The summed E-state index contributed by atoms with van der Waals surface area (Å²) in [6.07, 6.45) is 3.51. The number of rotatable bonds is 4. The maximum absolute atomic E-state index is 12.0. The zero-order valence-electron chi connectivity index (χ0n) is 12.4. The summed E-state index contributed by atoms with van der Waals surface area (Å²) in [5.41, 5.74) is 1.34. The Hall–Kier alpha value is -1.55. The lowest BCUT2D eigenvalue weighted by Crippen LogP contribution is -2.32. The molecule has 1 aliphatic heterocycles. The summed E-state index contributed by atoms with van der Waals surface area (Å²) in [5, 5.41) is 12.4. The summed E-state index contributed by atoms with van der Waals surface area (Å²) in [6, 6.07) is 4.95. The standard InChI is InChI=1S/C16H24N2O2/c1-12-11-14(3-4-15(12)19)16(20)17-8-5-13-6-9-18(2)10-7-13/h3-4,11,13,19H,5-10H2,1-2H3,(H,17,20). The predicted octanol–water partition coefficient (Wildman–Crippen LogP) is 2.16. The fourth-order valence-electron chi connectivity index (χ4n) is 2.64. The van der Waals surface area contributed by atoms with Crippen molar-refractivity contribution < 1.29 is 9.90 Å². The van der Waals surface area contributed by atoms with Crippen molar-refractivity contribution in [3.05, 3.63) is 29.3 Å². The van der Waals surface area contributed by atoms with Crippen LogP contribution in [0.5, 0.6) is 5.75 Å². The number of aryl methyl sites for hydroxylation is 1. The van der Waals surface area contributed by atoms with Crippen molar-refractivity contribution in [2.45, 2.75) is 26.2 Å². The quantitative estimate of drug-likeness (QED) is 0.886. The first-order chi connectivity index (χ1) is 9.56. The Morgan fingerprint density at radius 2 is 2.10 bits per heavy atom. The van der Waals surface area contributed by atoms with Gasteiger partial charge in [0.2, 0.25) is 0 Å². The molecule has 4 heteroatoms. The van der Waals surface area contributed by atoms with E-state index in [-0.39, 0.29) is 11.7 Å². The third-order valence-corrected chi connectivity index (χ3v) is 4.14. The van der Waals surface area contributed by atoms with E-state index in [2.05, 4.69) is 17.3 Å². The maximum Gasteiger partial charge on any atom is 0.251 e. The molecule has 2 rings (SSSR count). The number of phenols is 1. The number of hydrogen-bond acceptors (Lipinski definition) is 3. The van der Waals surface area contributed by atoms with Crippen LogP contribution in [-0.2, 0) is 0 Å². The number of aromatic hydroxyl groups is 1. The molecule has 1 amide bonds. The smallest absolute Gasteiger partial charge is 0.251 e. The van der Waals surface area contributed by atoms with Crippen molar-refractivity contribution in [2.75, 3.05) is 26.7 Å². The monoisotopic (exact) mass is 276 g/mol. The molecule has 4 nitrogen and oxygen atoms in total. The number of piperidine rings is 1. The number of benzene rings is 1. The fraction of sp³-hybridized carbons (Fsp3) is 0.562. The van der Waals surface area contributed by atoms with Gasteiger partial charge in [0.05, 0.1) is 0 Å². The fourth-order valence-corrected chi connectivity index (χ4v) is 2.64. The van der Waals surface area contributed by atoms with Crippen molar-refractivity contribution >= 4 is 5.91 Å². The van der Waals surface area contributed by atoms with Gasteiger partial charge < -0.3 is 15.3 Å². The number of nitrogens with one attached hydrogen (secondary N) is 1. The molecule has 1 aromatic rings. The third kappa shape index (κ3) is 3.97. The summed E-state index contributed by atoms with van der Waals surface area (Å²) in [7, 11) is 2.16. The van der Waals surface area contributed by atoms with Crippen LogP contribution in [0.3, 0.4) is 0 Å². The van der Waals surface area contributed by atoms with E-state index in [4.69, 9.17) is 0 Å². The average molecular weight is 276 g/mol. The Morgan fingerprint density at radius 1 is 1.40 bits per heavy atom. The van der Waals surface area contributed by atoms with Crippen molar-refractivity contribution in [1.29, 1.82) is 0 Å². The topological polar surface area (TPSA) is 52.6 Å². The molecule has 1 heterocycles. The minimum Gasteiger partial charge on any atom is -0.508 e. The van der Waals surface area contributed by atoms with Crippen LogP contribution in [0.2, 0.25) is 0 Å². The number of phenolic OH excluding ortho intramolecular Hbond substituents is 1.